The highest BCUT2D eigenvalue weighted by molar-refractivity contribution is 5.94. The lowest BCUT2D eigenvalue weighted by Gasteiger charge is -2.29. The van der Waals surface area contributed by atoms with Crippen molar-refractivity contribution in [3.8, 4) is 6.07 Å². The molecule has 2 rings (SSSR count). The topological polar surface area (TPSA) is 50.1 Å². The molecule has 0 aromatic heterocycles. The summed E-state index contributed by atoms with van der Waals surface area (Å²) in [7, 11) is 0. The van der Waals surface area contributed by atoms with E-state index in [1.165, 1.54) is 0 Å². The van der Waals surface area contributed by atoms with Crippen LogP contribution in [0.15, 0.2) is 18.2 Å². The van der Waals surface area contributed by atoms with Gasteiger partial charge in [-0.25, -0.2) is 4.79 Å². The summed E-state index contributed by atoms with van der Waals surface area (Å²) in [5, 5.41) is 8.94. The molecule has 3 heteroatoms. The summed E-state index contributed by atoms with van der Waals surface area (Å²) in [6.45, 7) is 3.51. The number of aryl methyl sites for hydroxylation is 1. The van der Waals surface area contributed by atoms with Gasteiger partial charge in [0.25, 0.3) is 0 Å². The second-order valence-corrected chi connectivity index (χ2v) is 4.02. The van der Waals surface area contributed by atoms with Gasteiger partial charge in [0.2, 0.25) is 0 Å². The Kier molecular flexibility index (Phi) is 2.01. The summed E-state index contributed by atoms with van der Waals surface area (Å²) in [5.41, 5.74) is 1.40. The minimum atomic E-state index is -1.02. The van der Waals surface area contributed by atoms with E-state index in [1.54, 1.807) is 6.92 Å². The van der Waals surface area contributed by atoms with Crippen LogP contribution in [0.3, 0.4) is 0 Å². The molecule has 3 nitrogen and oxygen atoms in total. The van der Waals surface area contributed by atoms with E-state index in [4.69, 9.17) is 10.00 Å². The summed E-state index contributed by atoms with van der Waals surface area (Å²) < 4.78 is 5.13. The maximum atomic E-state index is 11.7. The molecule has 0 saturated heterocycles. The van der Waals surface area contributed by atoms with Crippen LogP contribution < -0.4 is 0 Å². The van der Waals surface area contributed by atoms with Gasteiger partial charge in [0.05, 0.1) is 5.56 Å². The van der Waals surface area contributed by atoms with Crippen molar-refractivity contribution in [3.05, 3.63) is 34.9 Å². The van der Waals surface area contributed by atoms with E-state index in [0.29, 0.717) is 12.0 Å². The lowest BCUT2D eigenvalue weighted by Crippen LogP contribution is -2.37. The minimum absolute atomic E-state index is 0.390. The van der Waals surface area contributed by atoms with Crippen molar-refractivity contribution in [2.75, 3.05) is 0 Å². The molecule has 1 aromatic carbocycles. The highest BCUT2D eigenvalue weighted by Gasteiger charge is 2.36. The normalized spacial score (nSPS) is 23.9. The predicted octanol–water partition coefficient (Wildman–Crippen LogP) is 1.99. The maximum absolute atomic E-state index is 11.7. The molecule has 0 amide bonds. The third-order valence-corrected chi connectivity index (χ3v) is 2.65. The van der Waals surface area contributed by atoms with Crippen LogP contribution in [0, 0.1) is 18.3 Å². The molecule has 0 radical (unpaired) electrons. The van der Waals surface area contributed by atoms with Crippen LogP contribution in [0.5, 0.6) is 0 Å². The van der Waals surface area contributed by atoms with Crippen molar-refractivity contribution in [2.45, 2.75) is 25.9 Å². The molecule has 1 unspecified atom stereocenters. The third-order valence-electron chi connectivity index (χ3n) is 2.65. The molecule has 1 aliphatic heterocycles. The van der Waals surface area contributed by atoms with Crippen molar-refractivity contribution < 1.29 is 9.53 Å². The number of hydrogen-bond acceptors (Lipinski definition) is 3. The molecule has 0 bridgehead atoms. The first-order valence-corrected chi connectivity index (χ1v) is 4.79. The Labute approximate surface area is 88.3 Å². The van der Waals surface area contributed by atoms with E-state index < -0.39 is 11.6 Å². The first-order chi connectivity index (χ1) is 7.06. The minimum Gasteiger partial charge on any atom is -0.440 e. The summed E-state index contributed by atoms with van der Waals surface area (Å²) in [6.07, 6.45) is 0.465. The van der Waals surface area contributed by atoms with Crippen molar-refractivity contribution in [1.82, 2.24) is 0 Å². The molecule has 0 spiro atoms. The van der Waals surface area contributed by atoms with Gasteiger partial charge in [-0.15, -0.1) is 0 Å². The zero-order chi connectivity index (χ0) is 11.1. The number of hydrogen-bond donors (Lipinski definition) is 0. The lowest BCUT2D eigenvalue weighted by molar-refractivity contribution is 0.00839. The Balaban J connectivity index is 2.56. The zero-order valence-corrected chi connectivity index (χ0v) is 8.70. The Morgan fingerprint density at radius 3 is 2.93 bits per heavy atom. The molecule has 0 fully saturated rings. The highest BCUT2D eigenvalue weighted by atomic mass is 16.6. The van der Waals surface area contributed by atoms with Crippen LogP contribution in [0.4, 0.5) is 0 Å². The van der Waals surface area contributed by atoms with Crippen molar-refractivity contribution >= 4 is 5.97 Å². The number of benzene rings is 1. The smallest absolute Gasteiger partial charge is 0.340 e. The molecule has 76 valence electrons. The molecule has 15 heavy (non-hydrogen) atoms. The highest BCUT2D eigenvalue weighted by Crippen LogP contribution is 2.29. The molecule has 0 N–H and O–H groups in total. The summed E-state index contributed by atoms with van der Waals surface area (Å²) in [4.78, 5) is 11.7. The van der Waals surface area contributed by atoms with Gasteiger partial charge in [0.15, 0.2) is 5.60 Å². The van der Waals surface area contributed by atoms with Gasteiger partial charge >= 0.3 is 5.97 Å². The number of fused-ring (bicyclic) bond motifs is 1. The van der Waals surface area contributed by atoms with Gasteiger partial charge in [0.1, 0.15) is 6.07 Å². The molecular weight excluding hydrogens is 190 g/mol. The maximum Gasteiger partial charge on any atom is 0.340 e. The largest absolute Gasteiger partial charge is 0.440 e. The molecule has 0 saturated carbocycles. The standard InChI is InChI=1S/C12H11NO2/c1-8-4-3-5-9-6-12(2,7-13)15-11(14)10(8)9/h3-5H,6H2,1-2H3. The van der Waals surface area contributed by atoms with Crippen LogP contribution in [0.1, 0.15) is 28.4 Å². The number of nitrogens with zero attached hydrogens (tertiary/aromatic N) is 1. The van der Waals surface area contributed by atoms with Crippen LogP contribution in [-0.2, 0) is 11.2 Å². The van der Waals surface area contributed by atoms with Gasteiger partial charge < -0.3 is 4.74 Å². The molecular formula is C12H11NO2. The number of nitriles is 1. The summed E-state index contributed by atoms with van der Waals surface area (Å²) in [6, 6.07) is 7.66. The van der Waals surface area contributed by atoms with Crippen LogP contribution in [0.25, 0.3) is 0 Å². The molecule has 1 aliphatic rings. The predicted molar refractivity (Wildman–Crippen MR) is 54.3 cm³/mol. The van der Waals surface area contributed by atoms with E-state index >= 15 is 0 Å². The van der Waals surface area contributed by atoms with E-state index in [9.17, 15) is 4.79 Å². The number of cyclic esters (lactones) is 1. The molecule has 1 heterocycles. The lowest BCUT2D eigenvalue weighted by atomic mass is 9.89. The van der Waals surface area contributed by atoms with E-state index in [1.807, 2.05) is 31.2 Å². The fourth-order valence-electron chi connectivity index (χ4n) is 1.89. The van der Waals surface area contributed by atoms with Gasteiger partial charge in [-0.1, -0.05) is 18.2 Å². The van der Waals surface area contributed by atoms with Gasteiger partial charge in [-0.3, -0.25) is 0 Å². The average Bonchev–Trinajstić information content (AvgIpc) is 2.17. The third kappa shape index (κ3) is 1.48. The SMILES string of the molecule is Cc1cccc2c1C(=O)OC(C)(C#N)C2. The fraction of sp³-hybridized carbons (Fsp3) is 0.333. The van der Waals surface area contributed by atoms with Gasteiger partial charge in [-0.2, -0.15) is 5.26 Å². The molecule has 1 aromatic rings. The van der Waals surface area contributed by atoms with Gasteiger partial charge in [-0.05, 0) is 25.0 Å². The monoisotopic (exact) mass is 201 g/mol. The number of carbonyl (C=O) groups is 1. The average molecular weight is 201 g/mol. The molecule has 1 atom stereocenters. The first-order valence-electron chi connectivity index (χ1n) is 4.79. The first kappa shape index (κ1) is 9.72. The van der Waals surface area contributed by atoms with Crippen molar-refractivity contribution in [3.63, 3.8) is 0 Å². The molecule has 0 aliphatic carbocycles. The van der Waals surface area contributed by atoms with E-state index in [2.05, 4.69) is 0 Å². The number of esters is 1. The van der Waals surface area contributed by atoms with Crippen molar-refractivity contribution in [2.24, 2.45) is 0 Å². The second kappa shape index (κ2) is 3.09. The Hall–Kier alpha value is -1.82. The Morgan fingerprint density at radius 2 is 2.27 bits per heavy atom. The van der Waals surface area contributed by atoms with E-state index in [0.717, 1.165) is 11.1 Å². The Morgan fingerprint density at radius 1 is 1.53 bits per heavy atom. The van der Waals surface area contributed by atoms with Crippen LogP contribution in [0.2, 0.25) is 0 Å². The quantitative estimate of drug-likeness (QED) is 0.603. The summed E-state index contributed by atoms with van der Waals surface area (Å²) in [5.74, 6) is -0.390. The number of carbonyl (C=O) groups excluding carboxylic acids is 1. The fourth-order valence-corrected chi connectivity index (χ4v) is 1.89. The zero-order valence-electron chi connectivity index (χ0n) is 8.70. The Bertz CT molecular complexity index is 473. The van der Waals surface area contributed by atoms with Gasteiger partial charge in [0, 0.05) is 6.42 Å². The number of ether oxygens (including phenoxy) is 1. The van der Waals surface area contributed by atoms with Crippen molar-refractivity contribution in [1.29, 1.82) is 5.26 Å². The van der Waals surface area contributed by atoms with Crippen LogP contribution >= 0.6 is 0 Å². The van der Waals surface area contributed by atoms with Crippen LogP contribution in [-0.4, -0.2) is 11.6 Å². The van der Waals surface area contributed by atoms with E-state index in [-0.39, 0.29) is 0 Å². The second-order valence-electron chi connectivity index (χ2n) is 4.02. The number of rotatable bonds is 0. The summed E-state index contributed by atoms with van der Waals surface area (Å²) >= 11 is 0.